The van der Waals surface area contributed by atoms with Crippen molar-refractivity contribution in [2.75, 3.05) is 12.4 Å². The highest BCUT2D eigenvalue weighted by atomic mass is 19.4. The SMILES string of the molecule is CNC(=O)c1coc(Nc2cc(C(F)(F)F)ccc2C)n1. The van der Waals surface area contributed by atoms with Crippen LogP contribution in [0.15, 0.2) is 28.9 Å². The van der Waals surface area contributed by atoms with Gasteiger partial charge in [-0.05, 0) is 24.6 Å². The molecule has 0 radical (unpaired) electrons. The largest absolute Gasteiger partial charge is 0.431 e. The summed E-state index contributed by atoms with van der Waals surface area (Å²) in [6.07, 6.45) is -3.32. The topological polar surface area (TPSA) is 67.2 Å². The molecule has 1 heterocycles. The summed E-state index contributed by atoms with van der Waals surface area (Å²) in [5.41, 5.74) is 0.0381. The first-order valence-electron chi connectivity index (χ1n) is 5.93. The highest BCUT2D eigenvalue weighted by Crippen LogP contribution is 2.32. The monoisotopic (exact) mass is 299 g/mol. The standard InChI is InChI=1S/C13H12F3N3O2/c1-7-3-4-8(13(14,15)16)5-9(7)18-12-19-10(6-21-12)11(20)17-2/h3-6H,1-2H3,(H,17,20)(H,18,19). The van der Waals surface area contributed by atoms with E-state index in [4.69, 9.17) is 4.42 Å². The van der Waals surface area contributed by atoms with E-state index < -0.39 is 17.6 Å². The Labute approximate surface area is 118 Å². The Kier molecular flexibility index (Phi) is 3.88. The van der Waals surface area contributed by atoms with E-state index in [-0.39, 0.29) is 17.4 Å². The Balaban J connectivity index is 2.27. The number of hydrogen-bond acceptors (Lipinski definition) is 4. The fourth-order valence-electron chi connectivity index (χ4n) is 1.61. The molecule has 1 aromatic heterocycles. The highest BCUT2D eigenvalue weighted by molar-refractivity contribution is 5.92. The van der Waals surface area contributed by atoms with Gasteiger partial charge >= 0.3 is 6.18 Å². The second-order valence-corrected chi connectivity index (χ2v) is 4.27. The summed E-state index contributed by atoms with van der Waals surface area (Å²) in [7, 11) is 1.43. The molecule has 0 fully saturated rings. The molecule has 112 valence electrons. The molecule has 0 aliphatic carbocycles. The van der Waals surface area contributed by atoms with Gasteiger partial charge in [-0.25, -0.2) is 0 Å². The number of aryl methyl sites for hydroxylation is 1. The zero-order valence-corrected chi connectivity index (χ0v) is 11.2. The van der Waals surface area contributed by atoms with Crippen LogP contribution >= 0.6 is 0 Å². The molecule has 1 aromatic carbocycles. The third kappa shape index (κ3) is 3.33. The molecule has 0 saturated heterocycles. The number of anilines is 2. The van der Waals surface area contributed by atoms with Gasteiger partial charge in [0, 0.05) is 12.7 Å². The van der Waals surface area contributed by atoms with Crippen LogP contribution in [0.1, 0.15) is 21.6 Å². The molecule has 0 aliphatic rings. The third-order valence-electron chi connectivity index (χ3n) is 2.77. The number of alkyl halides is 3. The maximum Gasteiger partial charge on any atom is 0.416 e. The predicted octanol–water partition coefficient (Wildman–Crippen LogP) is 3.11. The fourth-order valence-corrected chi connectivity index (χ4v) is 1.61. The van der Waals surface area contributed by atoms with Gasteiger partial charge in [0.1, 0.15) is 6.26 Å². The van der Waals surface area contributed by atoms with Gasteiger partial charge in [-0.2, -0.15) is 18.2 Å². The van der Waals surface area contributed by atoms with E-state index in [1.54, 1.807) is 6.92 Å². The number of hydrogen-bond donors (Lipinski definition) is 2. The van der Waals surface area contributed by atoms with Crippen molar-refractivity contribution < 1.29 is 22.4 Å². The summed E-state index contributed by atoms with van der Waals surface area (Å²) in [5, 5.41) is 4.99. The molecule has 1 amide bonds. The number of aromatic nitrogens is 1. The number of benzene rings is 1. The quantitative estimate of drug-likeness (QED) is 0.914. The molecule has 0 unspecified atom stereocenters. The smallest absolute Gasteiger partial charge is 0.416 e. The minimum atomic E-state index is -4.44. The van der Waals surface area contributed by atoms with E-state index >= 15 is 0 Å². The first kappa shape index (κ1) is 14.9. The van der Waals surface area contributed by atoms with E-state index in [0.29, 0.717) is 5.56 Å². The predicted molar refractivity (Wildman–Crippen MR) is 69.4 cm³/mol. The molecular formula is C13H12F3N3O2. The summed E-state index contributed by atoms with van der Waals surface area (Å²) >= 11 is 0. The minimum Gasteiger partial charge on any atom is -0.431 e. The highest BCUT2D eigenvalue weighted by Gasteiger charge is 2.30. The van der Waals surface area contributed by atoms with Crippen molar-refractivity contribution in [3.63, 3.8) is 0 Å². The van der Waals surface area contributed by atoms with Crippen LogP contribution < -0.4 is 10.6 Å². The minimum absolute atomic E-state index is 0.0321. The normalized spacial score (nSPS) is 11.3. The lowest BCUT2D eigenvalue weighted by Gasteiger charge is -2.11. The average molecular weight is 299 g/mol. The molecule has 2 aromatic rings. The molecule has 0 spiro atoms. The van der Waals surface area contributed by atoms with E-state index in [0.717, 1.165) is 18.4 Å². The number of amides is 1. The van der Waals surface area contributed by atoms with Gasteiger partial charge in [0.05, 0.1) is 5.56 Å². The van der Waals surface area contributed by atoms with Crippen molar-refractivity contribution in [1.29, 1.82) is 0 Å². The van der Waals surface area contributed by atoms with Crippen LogP contribution in [-0.2, 0) is 6.18 Å². The first-order valence-corrected chi connectivity index (χ1v) is 5.93. The molecular weight excluding hydrogens is 287 g/mol. The van der Waals surface area contributed by atoms with Crippen LogP contribution in [-0.4, -0.2) is 17.9 Å². The Bertz CT molecular complexity index is 665. The molecule has 0 bridgehead atoms. The van der Waals surface area contributed by atoms with Crippen LogP contribution in [0.3, 0.4) is 0 Å². The van der Waals surface area contributed by atoms with Gasteiger partial charge in [-0.3, -0.25) is 4.79 Å². The van der Waals surface area contributed by atoms with Gasteiger partial charge in [0.15, 0.2) is 5.69 Å². The van der Waals surface area contributed by atoms with Crippen LogP contribution in [0, 0.1) is 6.92 Å². The Morgan fingerprint density at radius 2 is 2.05 bits per heavy atom. The van der Waals surface area contributed by atoms with Crippen molar-refractivity contribution >= 4 is 17.6 Å². The van der Waals surface area contributed by atoms with Crippen molar-refractivity contribution in [3.8, 4) is 0 Å². The van der Waals surface area contributed by atoms with Gasteiger partial charge in [0.25, 0.3) is 11.9 Å². The summed E-state index contributed by atoms with van der Waals surface area (Å²) in [6, 6.07) is 3.23. The van der Waals surface area contributed by atoms with Gasteiger partial charge in [-0.1, -0.05) is 6.07 Å². The number of rotatable bonds is 3. The Morgan fingerprint density at radius 1 is 1.33 bits per heavy atom. The van der Waals surface area contributed by atoms with Gasteiger partial charge in [-0.15, -0.1) is 0 Å². The Hall–Kier alpha value is -2.51. The molecule has 5 nitrogen and oxygen atoms in total. The number of carbonyl (C=O) groups is 1. The third-order valence-corrected chi connectivity index (χ3v) is 2.77. The number of nitrogens with one attached hydrogen (secondary N) is 2. The van der Waals surface area contributed by atoms with Crippen LogP contribution in [0.5, 0.6) is 0 Å². The van der Waals surface area contributed by atoms with E-state index in [2.05, 4.69) is 15.6 Å². The van der Waals surface area contributed by atoms with E-state index in [1.807, 2.05) is 0 Å². The van der Waals surface area contributed by atoms with Crippen LogP contribution in [0.2, 0.25) is 0 Å². The summed E-state index contributed by atoms with van der Waals surface area (Å²) < 4.78 is 43.0. The molecule has 2 N–H and O–H groups in total. The molecule has 21 heavy (non-hydrogen) atoms. The molecule has 2 rings (SSSR count). The van der Waals surface area contributed by atoms with Gasteiger partial charge < -0.3 is 15.1 Å². The Morgan fingerprint density at radius 3 is 2.67 bits per heavy atom. The average Bonchev–Trinajstić information content (AvgIpc) is 2.87. The van der Waals surface area contributed by atoms with Gasteiger partial charge in [0.2, 0.25) is 0 Å². The molecule has 8 heteroatoms. The lowest BCUT2D eigenvalue weighted by atomic mass is 10.1. The van der Waals surface area contributed by atoms with Crippen molar-refractivity contribution in [1.82, 2.24) is 10.3 Å². The lowest BCUT2D eigenvalue weighted by Crippen LogP contribution is -2.18. The maximum absolute atomic E-state index is 12.7. The van der Waals surface area contributed by atoms with E-state index in [1.165, 1.54) is 13.1 Å². The number of oxazole rings is 1. The zero-order valence-electron chi connectivity index (χ0n) is 11.2. The first-order chi connectivity index (χ1) is 9.81. The van der Waals surface area contributed by atoms with Crippen molar-refractivity contribution in [2.24, 2.45) is 0 Å². The summed E-state index contributed by atoms with van der Waals surface area (Å²) in [4.78, 5) is 15.2. The fraction of sp³-hybridized carbons (Fsp3) is 0.231. The van der Waals surface area contributed by atoms with Crippen LogP contribution in [0.4, 0.5) is 24.9 Å². The maximum atomic E-state index is 12.7. The molecule has 0 atom stereocenters. The molecule has 0 saturated carbocycles. The summed E-state index contributed by atoms with van der Waals surface area (Å²) in [6.45, 7) is 1.64. The van der Waals surface area contributed by atoms with Crippen LogP contribution in [0.25, 0.3) is 0 Å². The zero-order chi connectivity index (χ0) is 15.6. The number of halogens is 3. The van der Waals surface area contributed by atoms with Crippen molar-refractivity contribution in [2.45, 2.75) is 13.1 Å². The molecule has 0 aliphatic heterocycles. The lowest BCUT2D eigenvalue weighted by molar-refractivity contribution is -0.137. The number of nitrogens with zero attached hydrogens (tertiary/aromatic N) is 1. The second-order valence-electron chi connectivity index (χ2n) is 4.27. The second kappa shape index (κ2) is 5.47. The van der Waals surface area contributed by atoms with E-state index in [9.17, 15) is 18.0 Å². The summed E-state index contributed by atoms with van der Waals surface area (Å²) in [5.74, 6) is -0.451. The number of carbonyl (C=O) groups excluding carboxylic acids is 1. The van der Waals surface area contributed by atoms with Crippen molar-refractivity contribution in [3.05, 3.63) is 41.3 Å².